The Kier molecular flexibility index (Phi) is 6.21. The Balaban J connectivity index is 1.50. The molecule has 0 amide bonds. The summed E-state index contributed by atoms with van der Waals surface area (Å²) < 4.78 is 7.80. The summed E-state index contributed by atoms with van der Waals surface area (Å²) in [4.78, 5) is 9.47. The Labute approximate surface area is 194 Å². The highest BCUT2D eigenvalue weighted by Gasteiger charge is 2.41. The summed E-state index contributed by atoms with van der Waals surface area (Å²) in [5.41, 5.74) is 4.62. The number of nitrogens with zero attached hydrogens (tertiary/aromatic N) is 4. The predicted molar refractivity (Wildman–Crippen MR) is 130 cm³/mol. The molecule has 2 fully saturated rings. The lowest BCUT2D eigenvalue weighted by Gasteiger charge is -2.32. The molecule has 1 aromatic carbocycles. The average Bonchev–Trinajstić information content (AvgIpc) is 3.43. The molecule has 0 aliphatic carbocycles. The number of hydrogen-bond acceptors (Lipinski definition) is 4. The van der Waals surface area contributed by atoms with Crippen LogP contribution in [-0.4, -0.2) is 63.9 Å². The normalized spacial score (nSPS) is 21.7. The van der Waals surface area contributed by atoms with Crippen LogP contribution in [-0.2, 0) is 4.74 Å². The van der Waals surface area contributed by atoms with Gasteiger partial charge in [0.2, 0.25) is 0 Å². The average molecular weight is 448 g/mol. The molecule has 4 heterocycles. The first kappa shape index (κ1) is 21.1. The fourth-order valence-electron chi connectivity index (χ4n) is 4.69. The molecule has 6 nitrogen and oxygen atoms in total. The first-order valence-electron chi connectivity index (χ1n) is 11.2. The van der Waals surface area contributed by atoms with Crippen molar-refractivity contribution in [3.05, 3.63) is 83.9 Å². The van der Waals surface area contributed by atoms with Crippen molar-refractivity contribution < 1.29 is 4.74 Å². The van der Waals surface area contributed by atoms with Gasteiger partial charge in [-0.2, -0.15) is 0 Å². The van der Waals surface area contributed by atoms with E-state index in [2.05, 4.69) is 80.3 Å². The van der Waals surface area contributed by atoms with Crippen molar-refractivity contribution in [1.29, 1.82) is 0 Å². The summed E-state index contributed by atoms with van der Waals surface area (Å²) >= 11 is 5.85. The van der Waals surface area contributed by atoms with Crippen LogP contribution < -0.4 is 5.32 Å². The maximum atomic E-state index is 5.85. The van der Waals surface area contributed by atoms with Crippen molar-refractivity contribution in [1.82, 2.24) is 24.7 Å². The maximum Gasteiger partial charge on any atom is 0.170 e. The smallest absolute Gasteiger partial charge is 0.170 e. The molecule has 0 spiro atoms. The Morgan fingerprint density at radius 3 is 2.72 bits per heavy atom. The number of thiocarbonyl (C=S) groups is 1. The van der Waals surface area contributed by atoms with Crippen LogP contribution in [0.1, 0.15) is 29.0 Å². The molecule has 5 rings (SSSR count). The monoisotopic (exact) mass is 447 g/mol. The topological polar surface area (TPSA) is 45.6 Å². The first-order chi connectivity index (χ1) is 15.7. The van der Waals surface area contributed by atoms with Gasteiger partial charge >= 0.3 is 0 Å². The Morgan fingerprint density at radius 2 is 1.94 bits per heavy atom. The summed E-state index contributed by atoms with van der Waals surface area (Å²) in [5, 5.41) is 4.36. The van der Waals surface area contributed by atoms with E-state index in [1.54, 1.807) is 0 Å². The molecule has 2 atom stereocenters. The van der Waals surface area contributed by atoms with E-state index in [1.807, 2.05) is 18.3 Å². The minimum absolute atomic E-state index is 0.00755. The van der Waals surface area contributed by atoms with Gasteiger partial charge in [0.05, 0.1) is 31.0 Å². The molecule has 166 valence electrons. The second-order valence-corrected chi connectivity index (χ2v) is 8.80. The molecule has 1 N–H and O–H groups in total. The minimum atomic E-state index is -0.00755. The third-order valence-corrected chi connectivity index (χ3v) is 6.67. The molecule has 2 aromatic heterocycles. The minimum Gasteiger partial charge on any atom is -0.379 e. The van der Waals surface area contributed by atoms with Gasteiger partial charge in [-0.15, -0.1) is 0 Å². The standard InChI is InChI=1S/C25H29N5OS/c1-19-6-4-7-20(18-19)29-11-5-9-22(29)24-23(21-8-2-3-10-26-21)27-25(32)30(24)13-12-28-14-16-31-17-15-28/h2-11,18,23-24H,12-17H2,1H3,(H,27,32)/t23-,24+/m1/s1. The predicted octanol–water partition coefficient (Wildman–Crippen LogP) is 3.49. The molecule has 7 heteroatoms. The maximum absolute atomic E-state index is 5.85. The van der Waals surface area contributed by atoms with Crippen molar-refractivity contribution in [2.45, 2.75) is 19.0 Å². The fraction of sp³-hybridized carbons (Fsp3) is 0.360. The van der Waals surface area contributed by atoms with Crippen molar-refractivity contribution in [3.63, 3.8) is 0 Å². The number of hydrogen-bond donors (Lipinski definition) is 1. The number of morpholine rings is 1. The summed E-state index contributed by atoms with van der Waals surface area (Å²) in [5.74, 6) is 0. The lowest BCUT2D eigenvalue weighted by molar-refractivity contribution is 0.0349. The molecule has 32 heavy (non-hydrogen) atoms. The highest BCUT2D eigenvalue weighted by Crippen LogP contribution is 2.39. The van der Waals surface area contributed by atoms with E-state index in [0.717, 1.165) is 55.9 Å². The van der Waals surface area contributed by atoms with Crippen LogP contribution in [0.5, 0.6) is 0 Å². The fourth-order valence-corrected chi connectivity index (χ4v) is 5.02. The van der Waals surface area contributed by atoms with E-state index in [0.29, 0.717) is 0 Å². The summed E-state index contributed by atoms with van der Waals surface area (Å²) in [7, 11) is 0. The van der Waals surface area contributed by atoms with Crippen molar-refractivity contribution in [2.75, 3.05) is 39.4 Å². The van der Waals surface area contributed by atoms with Crippen molar-refractivity contribution in [3.8, 4) is 5.69 Å². The molecule has 0 saturated carbocycles. The largest absolute Gasteiger partial charge is 0.379 e. The SMILES string of the molecule is Cc1cccc(-n2cccc2[C@H]2[C@@H](c3ccccn3)NC(=S)N2CCN2CCOCC2)c1. The van der Waals surface area contributed by atoms with Gasteiger partial charge in [-0.3, -0.25) is 9.88 Å². The van der Waals surface area contributed by atoms with Crippen LogP contribution in [0, 0.1) is 6.92 Å². The molecule has 2 aliphatic heterocycles. The third kappa shape index (κ3) is 4.28. The highest BCUT2D eigenvalue weighted by atomic mass is 32.1. The van der Waals surface area contributed by atoms with E-state index in [1.165, 1.54) is 11.3 Å². The zero-order valence-corrected chi connectivity index (χ0v) is 19.2. The van der Waals surface area contributed by atoms with Crippen LogP contribution >= 0.6 is 12.2 Å². The van der Waals surface area contributed by atoms with Gasteiger partial charge in [-0.05, 0) is 61.1 Å². The Hall–Kier alpha value is -2.74. The number of rotatable bonds is 6. The van der Waals surface area contributed by atoms with E-state index in [-0.39, 0.29) is 12.1 Å². The van der Waals surface area contributed by atoms with Gasteiger partial charge in [0, 0.05) is 50.0 Å². The summed E-state index contributed by atoms with van der Waals surface area (Å²) in [6.45, 7) is 7.51. The van der Waals surface area contributed by atoms with Gasteiger partial charge in [0.1, 0.15) is 0 Å². The molecule has 2 saturated heterocycles. The molecule has 2 aliphatic rings. The zero-order valence-electron chi connectivity index (χ0n) is 18.4. The van der Waals surface area contributed by atoms with Crippen LogP contribution in [0.3, 0.4) is 0 Å². The van der Waals surface area contributed by atoms with Crippen LogP contribution in [0.4, 0.5) is 0 Å². The highest BCUT2D eigenvalue weighted by molar-refractivity contribution is 7.80. The second kappa shape index (κ2) is 9.40. The molecular formula is C25H29N5OS. The van der Waals surface area contributed by atoms with Gasteiger partial charge in [0.25, 0.3) is 0 Å². The van der Waals surface area contributed by atoms with Crippen LogP contribution in [0.2, 0.25) is 0 Å². The second-order valence-electron chi connectivity index (χ2n) is 8.42. The number of benzene rings is 1. The van der Waals surface area contributed by atoms with Crippen LogP contribution in [0.25, 0.3) is 5.69 Å². The summed E-state index contributed by atoms with van der Waals surface area (Å²) in [6, 6.07) is 19.1. The van der Waals surface area contributed by atoms with E-state index < -0.39 is 0 Å². The molecule has 3 aromatic rings. The zero-order chi connectivity index (χ0) is 21.9. The molecular weight excluding hydrogens is 418 g/mol. The van der Waals surface area contributed by atoms with Crippen LogP contribution in [0.15, 0.2) is 67.0 Å². The number of ether oxygens (including phenoxy) is 1. The molecule has 0 radical (unpaired) electrons. The van der Waals surface area contributed by atoms with E-state index in [9.17, 15) is 0 Å². The van der Waals surface area contributed by atoms with Crippen molar-refractivity contribution in [2.24, 2.45) is 0 Å². The van der Waals surface area contributed by atoms with Gasteiger partial charge in [-0.1, -0.05) is 18.2 Å². The van der Waals surface area contributed by atoms with Gasteiger partial charge in [-0.25, -0.2) is 0 Å². The van der Waals surface area contributed by atoms with Gasteiger partial charge < -0.3 is 19.5 Å². The Morgan fingerprint density at radius 1 is 1.06 bits per heavy atom. The third-order valence-electron chi connectivity index (χ3n) is 6.32. The lowest BCUT2D eigenvalue weighted by Crippen LogP contribution is -2.42. The van der Waals surface area contributed by atoms with E-state index >= 15 is 0 Å². The molecule has 0 bridgehead atoms. The first-order valence-corrected chi connectivity index (χ1v) is 11.6. The number of pyridine rings is 1. The lowest BCUT2D eigenvalue weighted by atomic mass is 10.0. The number of aromatic nitrogens is 2. The number of nitrogens with one attached hydrogen (secondary N) is 1. The number of aryl methyl sites for hydroxylation is 1. The van der Waals surface area contributed by atoms with Gasteiger partial charge in [0.15, 0.2) is 5.11 Å². The Bertz CT molecular complexity index is 1060. The quantitative estimate of drug-likeness (QED) is 0.584. The summed E-state index contributed by atoms with van der Waals surface area (Å²) in [6.07, 6.45) is 3.99. The van der Waals surface area contributed by atoms with Crippen molar-refractivity contribution >= 4 is 17.3 Å². The van der Waals surface area contributed by atoms with E-state index in [4.69, 9.17) is 17.0 Å². The molecule has 0 unspecified atom stereocenters.